The number of methoxy groups -OCH3 is 1. The minimum absolute atomic E-state index is 0.348. The van der Waals surface area contributed by atoms with E-state index in [1.807, 2.05) is 12.1 Å². The average molecular weight is 269 g/mol. The zero-order valence-corrected chi connectivity index (χ0v) is 12.5. The van der Waals surface area contributed by atoms with Crippen LogP contribution in [0.2, 0.25) is 0 Å². The lowest BCUT2D eigenvalue weighted by atomic mass is 10.0. The molecule has 0 heterocycles. The number of hydrogen-bond acceptors (Lipinski definition) is 2. The van der Waals surface area contributed by atoms with Gasteiger partial charge in [0, 0.05) is 12.1 Å². The molecule has 0 amide bonds. The van der Waals surface area contributed by atoms with Crippen molar-refractivity contribution in [3.05, 3.63) is 65.7 Å². The molecule has 2 rings (SSSR count). The molecule has 1 N–H and O–H groups in total. The zero-order chi connectivity index (χ0) is 14.4. The number of para-hydroxylation sites is 1. The van der Waals surface area contributed by atoms with Crippen LogP contribution in [-0.4, -0.2) is 13.2 Å². The third-order valence-corrected chi connectivity index (χ3v) is 3.55. The molecule has 20 heavy (non-hydrogen) atoms. The fraction of sp³-hybridized carbons (Fsp3) is 0.333. The summed E-state index contributed by atoms with van der Waals surface area (Å²) in [5.74, 6) is 0.966. The van der Waals surface area contributed by atoms with Crippen LogP contribution in [-0.2, 0) is 6.42 Å². The summed E-state index contributed by atoms with van der Waals surface area (Å²) in [6.45, 7) is 4.42. The summed E-state index contributed by atoms with van der Waals surface area (Å²) in [6, 6.07) is 19.5. The number of hydrogen-bond donors (Lipinski definition) is 1. The Balaban J connectivity index is 1.97. The number of nitrogens with one attached hydrogen (secondary N) is 1. The fourth-order valence-electron chi connectivity index (χ4n) is 2.53. The van der Waals surface area contributed by atoms with Gasteiger partial charge in [0.25, 0.3) is 0 Å². The highest BCUT2D eigenvalue weighted by molar-refractivity contribution is 5.33. The van der Waals surface area contributed by atoms with Gasteiger partial charge in [-0.2, -0.15) is 0 Å². The molecule has 0 spiro atoms. The van der Waals surface area contributed by atoms with Crippen LogP contribution in [0.1, 0.15) is 31.0 Å². The van der Waals surface area contributed by atoms with Gasteiger partial charge in [0.05, 0.1) is 7.11 Å². The normalized spacial score (nSPS) is 13.8. The molecule has 0 bridgehead atoms. The first-order chi connectivity index (χ1) is 9.70. The largest absolute Gasteiger partial charge is 0.496 e. The van der Waals surface area contributed by atoms with Crippen LogP contribution in [0.5, 0.6) is 5.75 Å². The Morgan fingerprint density at radius 1 is 0.950 bits per heavy atom. The lowest BCUT2D eigenvalue weighted by Gasteiger charge is -2.21. The van der Waals surface area contributed by atoms with Crippen molar-refractivity contribution in [3.63, 3.8) is 0 Å². The molecule has 0 aliphatic heterocycles. The van der Waals surface area contributed by atoms with Gasteiger partial charge in [-0.3, -0.25) is 0 Å². The van der Waals surface area contributed by atoms with Crippen LogP contribution in [0.4, 0.5) is 0 Å². The maximum atomic E-state index is 5.41. The first-order valence-electron chi connectivity index (χ1n) is 7.13. The molecular formula is C18H23NO. The van der Waals surface area contributed by atoms with Crippen molar-refractivity contribution in [2.24, 2.45) is 0 Å². The van der Waals surface area contributed by atoms with Gasteiger partial charge >= 0.3 is 0 Å². The Bertz CT molecular complexity index is 524. The van der Waals surface area contributed by atoms with Crippen molar-refractivity contribution < 1.29 is 4.74 Å². The van der Waals surface area contributed by atoms with E-state index in [9.17, 15) is 0 Å². The highest BCUT2D eigenvalue weighted by Crippen LogP contribution is 2.20. The molecule has 2 heteroatoms. The van der Waals surface area contributed by atoms with Gasteiger partial charge in [0.1, 0.15) is 5.75 Å². The van der Waals surface area contributed by atoms with E-state index in [1.54, 1.807) is 7.11 Å². The Morgan fingerprint density at radius 2 is 1.60 bits per heavy atom. The van der Waals surface area contributed by atoms with E-state index >= 15 is 0 Å². The van der Waals surface area contributed by atoms with Crippen LogP contribution in [0.25, 0.3) is 0 Å². The molecule has 2 atom stereocenters. The highest BCUT2D eigenvalue weighted by atomic mass is 16.5. The van der Waals surface area contributed by atoms with Crippen LogP contribution >= 0.6 is 0 Å². The van der Waals surface area contributed by atoms with Gasteiger partial charge in [-0.15, -0.1) is 0 Å². The molecule has 0 aliphatic rings. The van der Waals surface area contributed by atoms with Crippen LogP contribution in [0.3, 0.4) is 0 Å². The summed E-state index contributed by atoms with van der Waals surface area (Å²) in [6.07, 6.45) is 0.960. The first kappa shape index (κ1) is 14.6. The molecule has 0 aliphatic carbocycles. The molecular weight excluding hydrogens is 246 g/mol. The van der Waals surface area contributed by atoms with Gasteiger partial charge < -0.3 is 10.1 Å². The Labute approximate surface area is 121 Å². The van der Waals surface area contributed by atoms with E-state index in [0.29, 0.717) is 12.1 Å². The van der Waals surface area contributed by atoms with Gasteiger partial charge in [0.15, 0.2) is 0 Å². The molecule has 2 nitrogen and oxygen atoms in total. The van der Waals surface area contributed by atoms with E-state index in [1.165, 1.54) is 11.1 Å². The predicted octanol–water partition coefficient (Wildman–Crippen LogP) is 3.98. The highest BCUT2D eigenvalue weighted by Gasteiger charge is 2.11. The molecule has 0 saturated heterocycles. The molecule has 2 aromatic carbocycles. The third kappa shape index (κ3) is 3.84. The fourth-order valence-corrected chi connectivity index (χ4v) is 2.53. The molecule has 106 valence electrons. The predicted molar refractivity (Wildman–Crippen MR) is 84.2 cm³/mol. The average Bonchev–Trinajstić information content (AvgIpc) is 2.48. The number of benzene rings is 2. The smallest absolute Gasteiger partial charge is 0.122 e. The van der Waals surface area contributed by atoms with Gasteiger partial charge in [-0.25, -0.2) is 0 Å². The topological polar surface area (TPSA) is 21.3 Å². The van der Waals surface area contributed by atoms with E-state index in [4.69, 9.17) is 4.74 Å². The maximum absolute atomic E-state index is 5.41. The molecule has 1 unspecified atom stereocenters. The zero-order valence-electron chi connectivity index (χ0n) is 12.5. The Hall–Kier alpha value is -1.80. The Kier molecular flexibility index (Phi) is 5.19. The standard InChI is InChI=1S/C18H23NO/c1-14(13-17-11-7-8-12-18(17)20-3)19-15(2)16-9-5-4-6-10-16/h4-12,14-15,19H,13H2,1-3H3/t14-,15?/m1/s1. The van der Waals surface area contributed by atoms with Crippen molar-refractivity contribution in [2.75, 3.05) is 7.11 Å². The molecule has 0 saturated carbocycles. The summed E-state index contributed by atoms with van der Waals surface area (Å²) in [5.41, 5.74) is 2.56. The van der Waals surface area contributed by atoms with E-state index in [-0.39, 0.29) is 0 Å². The Morgan fingerprint density at radius 3 is 2.30 bits per heavy atom. The van der Waals surface area contributed by atoms with Crippen molar-refractivity contribution in [2.45, 2.75) is 32.4 Å². The first-order valence-corrected chi connectivity index (χ1v) is 7.13. The summed E-state index contributed by atoms with van der Waals surface area (Å²) in [4.78, 5) is 0. The van der Waals surface area contributed by atoms with E-state index in [2.05, 4.69) is 61.6 Å². The molecule has 0 radical (unpaired) electrons. The lowest BCUT2D eigenvalue weighted by molar-refractivity contribution is 0.403. The number of ether oxygens (including phenoxy) is 1. The van der Waals surface area contributed by atoms with Crippen molar-refractivity contribution in [1.82, 2.24) is 5.32 Å². The second kappa shape index (κ2) is 7.11. The third-order valence-electron chi connectivity index (χ3n) is 3.55. The summed E-state index contributed by atoms with van der Waals surface area (Å²) in [7, 11) is 1.73. The van der Waals surface area contributed by atoms with Gasteiger partial charge in [0.2, 0.25) is 0 Å². The summed E-state index contributed by atoms with van der Waals surface area (Å²) >= 11 is 0. The van der Waals surface area contributed by atoms with Gasteiger partial charge in [-0.1, -0.05) is 48.5 Å². The molecule has 0 aromatic heterocycles. The second-order valence-corrected chi connectivity index (χ2v) is 5.22. The minimum atomic E-state index is 0.348. The lowest BCUT2D eigenvalue weighted by Crippen LogP contribution is -2.30. The van der Waals surface area contributed by atoms with Crippen LogP contribution in [0.15, 0.2) is 54.6 Å². The van der Waals surface area contributed by atoms with Crippen molar-refractivity contribution in [3.8, 4) is 5.75 Å². The monoisotopic (exact) mass is 269 g/mol. The molecule has 0 fully saturated rings. The number of rotatable bonds is 6. The quantitative estimate of drug-likeness (QED) is 0.856. The van der Waals surface area contributed by atoms with Crippen LogP contribution < -0.4 is 10.1 Å². The van der Waals surface area contributed by atoms with Gasteiger partial charge in [-0.05, 0) is 37.5 Å². The molecule has 2 aromatic rings. The van der Waals surface area contributed by atoms with Crippen molar-refractivity contribution in [1.29, 1.82) is 0 Å². The summed E-state index contributed by atoms with van der Waals surface area (Å²) in [5, 5.41) is 3.64. The van der Waals surface area contributed by atoms with Crippen LogP contribution in [0, 0.1) is 0 Å². The van der Waals surface area contributed by atoms with E-state index in [0.717, 1.165) is 12.2 Å². The minimum Gasteiger partial charge on any atom is -0.496 e. The summed E-state index contributed by atoms with van der Waals surface area (Å²) < 4.78 is 5.41. The SMILES string of the molecule is COc1ccccc1C[C@@H](C)NC(C)c1ccccc1. The van der Waals surface area contributed by atoms with E-state index < -0.39 is 0 Å². The maximum Gasteiger partial charge on any atom is 0.122 e. The van der Waals surface area contributed by atoms with Crippen molar-refractivity contribution >= 4 is 0 Å². The second-order valence-electron chi connectivity index (χ2n) is 5.22.